The summed E-state index contributed by atoms with van der Waals surface area (Å²) in [5.74, 6) is -0.290. The molecule has 33 heavy (non-hydrogen) atoms. The lowest BCUT2D eigenvalue weighted by Gasteiger charge is -2.15. The summed E-state index contributed by atoms with van der Waals surface area (Å²) in [5.41, 5.74) is 7.25. The second-order valence-corrected chi connectivity index (χ2v) is 7.56. The third kappa shape index (κ3) is 4.58. The van der Waals surface area contributed by atoms with E-state index in [1.54, 1.807) is 48.5 Å². The van der Waals surface area contributed by atoms with Crippen LogP contribution in [0.5, 0.6) is 11.5 Å². The maximum absolute atomic E-state index is 13.5. The summed E-state index contributed by atoms with van der Waals surface area (Å²) >= 11 is 0. The molecule has 7 heteroatoms. The van der Waals surface area contributed by atoms with Crippen LogP contribution >= 0.6 is 0 Å². The lowest BCUT2D eigenvalue weighted by Crippen LogP contribution is -2.17. The van der Waals surface area contributed by atoms with Crippen molar-refractivity contribution in [2.75, 3.05) is 32.1 Å². The van der Waals surface area contributed by atoms with Gasteiger partial charge in [-0.15, -0.1) is 0 Å². The molecule has 0 unspecified atom stereocenters. The summed E-state index contributed by atoms with van der Waals surface area (Å²) in [6.07, 6.45) is 0. The normalized spacial score (nSPS) is 10.8. The molecule has 2 N–H and O–H groups in total. The fraction of sp³-hybridized carbons (Fsp3) is 0.154. The SMILES string of the molecule is CN(C)c1ccc(-c2oc3c(OCCN)cccc3c(=O)c2OC(=O)c2ccccc2)cc1. The Morgan fingerprint density at radius 3 is 2.36 bits per heavy atom. The Hall–Kier alpha value is -4.10. The fourth-order valence-electron chi connectivity index (χ4n) is 3.38. The van der Waals surface area contributed by atoms with Crippen LogP contribution in [-0.2, 0) is 0 Å². The van der Waals surface area contributed by atoms with Crippen LogP contribution in [0.15, 0.2) is 82.0 Å². The molecule has 0 aliphatic rings. The maximum atomic E-state index is 13.5. The monoisotopic (exact) mass is 444 g/mol. The van der Waals surface area contributed by atoms with E-state index in [0.717, 1.165) is 5.69 Å². The zero-order valence-electron chi connectivity index (χ0n) is 18.4. The molecule has 0 amide bonds. The number of anilines is 1. The molecular formula is C26H24N2O5. The molecule has 0 radical (unpaired) electrons. The third-order valence-corrected chi connectivity index (χ3v) is 5.07. The molecule has 0 aliphatic heterocycles. The molecular weight excluding hydrogens is 420 g/mol. The van der Waals surface area contributed by atoms with Gasteiger partial charge in [0.15, 0.2) is 17.1 Å². The molecule has 1 aromatic heterocycles. The van der Waals surface area contributed by atoms with E-state index < -0.39 is 11.4 Å². The number of hydrogen-bond donors (Lipinski definition) is 1. The molecule has 4 aromatic rings. The fourth-order valence-corrected chi connectivity index (χ4v) is 3.38. The minimum Gasteiger partial charge on any atom is -0.488 e. The van der Waals surface area contributed by atoms with Crippen LogP contribution in [-0.4, -0.2) is 33.2 Å². The molecule has 0 atom stereocenters. The smallest absolute Gasteiger partial charge is 0.343 e. The van der Waals surface area contributed by atoms with Crippen LogP contribution in [0.3, 0.4) is 0 Å². The standard InChI is InChI=1S/C26H24N2O5/c1-28(2)19-13-11-17(12-14-19)23-25(33-26(30)18-7-4-3-5-8-18)22(29)20-9-6-10-21(24(20)32-23)31-16-15-27/h3-14H,15-16,27H2,1-2H3. The summed E-state index contributed by atoms with van der Waals surface area (Å²) in [7, 11) is 3.86. The van der Waals surface area contributed by atoms with Crippen LogP contribution in [0.2, 0.25) is 0 Å². The molecule has 0 aliphatic carbocycles. The van der Waals surface area contributed by atoms with Crippen molar-refractivity contribution in [3.63, 3.8) is 0 Å². The number of ether oxygens (including phenoxy) is 2. The van der Waals surface area contributed by atoms with Gasteiger partial charge < -0.3 is 24.5 Å². The molecule has 0 saturated carbocycles. The van der Waals surface area contributed by atoms with E-state index >= 15 is 0 Å². The predicted octanol–water partition coefficient (Wildman–Crippen LogP) is 4.08. The van der Waals surface area contributed by atoms with E-state index in [9.17, 15) is 9.59 Å². The Bertz CT molecular complexity index is 1330. The van der Waals surface area contributed by atoms with Crippen LogP contribution in [0.4, 0.5) is 5.69 Å². The lowest BCUT2D eigenvalue weighted by atomic mass is 10.1. The topological polar surface area (TPSA) is 95.0 Å². The minimum absolute atomic E-state index is 0.144. The lowest BCUT2D eigenvalue weighted by molar-refractivity contribution is 0.0731. The number of benzene rings is 3. The third-order valence-electron chi connectivity index (χ3n) is 5.07. The zero-order chi connectivity index (χ0) is 23.4. The van der Waals surface area contributed by atoms with Gasteiger partial charge in [0.05, 0.1) is 10.9 Å². The van der Waals surface area contributed by atoms with Gasteiger partial charge in [-0.25, -0.2) is 4.79 Å². The van der Waals surface area contributed by atoms with Crippen LogP contribution in [0.25, 0.3) is 22.3 Å². The van der Waals surface area contributed by atoms with Gasteiger partial charge >= 0.3 is 5.97 Å². The predicted molar refractivity (Wildman–Crippen MR) is 128 cm³/mol. The number of rotatable bonds is 7. The Labute approximate surface area is 191 Å². The Morgan fingerprint density at radius 2 is 1.70 bits per heavy atom. The summed E-state index contributed by atoms with van der Waals surface area (Å²) < 4.78 is 17.5. The van der Waals surface area contributed by atoms with E-state index in [-0.39, 0.29) is 29.1 Å². The molecule has 0 bridgehead atoms. The summed E-state index contributed by atoms with van der Waals surface area (Å²) in [5, 5.41) is 0.244. The first-order valence-electron chi connectivity index (χ1n) is 10.5. The van der Waals surface area contributed by atoms with Gasteiger partial charge in [-0.2, -0.15) is 0 Å². The second kappa shape index (κ2) is 9.58. The molecule has 1 heterocycles. The number of nitrogens with two attached hydrogens (primary N) is 1. The highest BCUT2D eigenvalue weighted by Gasteiger charge is 2.23. The average molecular weight is 444 g/mol. The van der Waals surface area contributed by atoms with Crippen LogP contribution in [0.1, 0.15) is 10.4 Å². The van der Waals surface area contributed by atoms with Crippen LogP contribution in [0, 0.1) is 0 Å². The van der Waals surface area contributed by atoms with E-state index in [1.165, 1.54) is 0 Å². The number of nitrogens with zero attached hydrogens (tertiary/aromatic N) is 1. The zero-order valence-corrected chi connectivity index (χ0v) is 18.4. The molecule has 0 fully saturated rings. The van der Waals surface area contributed by atoms with Crippen molar-refractivity contribution in [1.29, 1.82) is 0 Å². The van der Waals surface area contributed by atoms with Crippen molar-refractivity contribution in [2.24, 2.45) is 5.73 Å². The summed E-state index contributed by atoms with van der Waals surface area (Å²) in [6.45, 7) is 0.576. The van der Waals surface area contributed by atoms with Gasteiger partial charge in [-0.05, 0) is 48.5 Å². The second-order valence-electron chi connectivity index (χ2n) is 7.56. The first kappa shape index (κ1) is 22.1. The van der Waals surface area contributed by atoms with Crippen molar-refractivity contribution < 1.29 is 18.7 Å². The quantitative estimate of drug-likeness (QED) is 0.429. The highest BCUT2D eigenvalue weighted by Crippen LogP contribution is 2.35. The molecule has 4 rings (SSSR count). The number of esters is 1. The summed E-state index contributed by atoms with van der Waals surface area (Å²) in [6, 6.07) is 20.9. The average Bonchev–Trinajstić information content (AvgIpc) is 2.84. The van der Waals surface area contributed by atoms with Gasteiger partial charge in [0.1, 0.15) is 6.61 Å². The summed E-state index contributed by atoms with van der Waals surface area (Å²) in [4.78, 5) is 28.2. The van der Waals surface area contributed by atoms with Gasteiger partial charge in [0.25, 0.3) is 0 Å². The first-order valence-corrected chi connectivity index (χ1v) is 10.5. The highest BCUT2D eigenvalue weighted by molar-refractivity contribution is 5.93. The van der Waals surface area contributed by atoms with E-state index in [2.05, 4.69) is 0 Å². The number of fused-ring (bicyclic) bond motifs is 1. The molecule has 7 nitrogen and oxygen atoms in total. The van der Waals surface area contributed by atoms with Gasteiger partial charge in [0, 0.05) is 31.9 Å². The van der Waals surface area contributed by atoms with Gasteiger partial charge in [0.2, 0.25) is 11.2 Å². The Balaban J connectivity index is 1.90. The van der Waals surface area contributed by atoms with Crippen molar-refractivity contribution in [3.05, 3.63) is 88.6 Å². The molecule has 168 valence electrons. The maximum Gasteiger partial charge on any atom is 0.343 e. The molecule has 0 saturated heterocycles. The Morgan fingerprint density at radius 1 is 0.970 bits per heavy atom. The van der Waals surface area contributed by atoms with E-state index in [0.29, 0.717) is 23.4 Å². The highest BCUT2D eigenvalue weighted by atomic mass is 16.5. The van der Waals surface area contributed by atoms with Crippen LogP contribution < -0.4 is 25.5 Å². The van der Waals surface area contributed by atoms with E-state index in [4.69, 9.17) is 19.6 Å². The first-order chi connectivity index (χ1) is 16.0. The van der Waals surface area contributed by atoms with Gasteiger partial charge in [-0.1, -0.05) is 24.3 Å². The molecule has 0 spiro atoms. The number of carbonyl (C=O) groups excluding carboxylic acids is 1. The number of carbonyl (C=O) groups is 1. The van der Waals surface area contributed by atoms with E-state index in [1.807, 2.05) is 43.3 Å². The minimum atomic E-state index is -0.649. The number of para-hydroxylation sites is 1. The van der Waals surface area contributed by atoms with Crippen molar-refractivity contribution in [2.45, 2.75) is 0 Å². The van der Waals surface area contributed by atoms with Crippen molar-refractivity contribution in [1.82, 2.24) is 0 Å². The largest absolute Gasteiger partial charge is 0.488 e. The van der Waals surface area contributed by atoms with Gasteiger partial charge in [-0.3, -0.25) is 4.79 Å². The Kier molecular flexibility index (Phi) is 6.42. The van der Waals surface area contributed by atoms with Crippen molar-refractivity contribution >= 4 is 22.6 Å². The molecule has 3 aromatic carbocycles. The van der Waals surface area contributed by atoms with Crippen molar-refractivity contribution in [3.8, 4) is 22.8 Å². The number of hydrogen-bond acceptors (Lipinski definition) is 7.